The maximum atomic E-state index is 13.1. The summed E-state index contributed by atoms with van der Waals surface area (Å²) in [5, 5.41) is 3.46. The molecule has 0 unspecified atom stereocenters. The first-order valence-corrected chi connectivity index (χ1v) is 9.95. The average molecular weight is 419 g/mol. The Morgan fingerprint density at radius 3 is 1.97 bits per heavy atom. The summed E-state index contributed by atoms with van der Waals surface area (Å²) in [6.45, 7) is 0.268. The van der Waals surface area contributed by atoms with Crippen molar-refractivity contribution in [3.63, 3.8) is 0 Å². The molecule has 0 spiro atoms. The molecule has 1 N–H and O–H groups in total. The van der Waals surface area contributed by atoms with Crippen molar-refractivity contribution >= 4 is 29.3 Å². The highest BCUT2D eigenvalue weighted by Gasteiger charge is 2.42. The van der Waals surface area contributed by atoms with Gasteiger partial charge >= 0.3 is 0 Å². The topological polar surface area (TPSA) is 66.5 Å². The number of carbonyl (C=O) groups excluding carboxylic acids is 3. The predicted molar refractivity (Wildman–Crippen MR) is 114 cm³/mol. The standard InChI is InChI=1S/C24H19ClN2O3/c25-18-12-10-17(11-13-18)15-26-22(28)21(14-16-6-2-1-3-7-16)27-23(29)19-8-4-5-9-20(19)24(27)30/h1-13,21H,14-15H2,(H,26,28)/t21-/m0/s1. The lowest BCUT2D eigenvalue weighted by Crippen LogP contribution is -2.50. The van der Waals surface area contributed by atoms with Gasteiger partial charge in [0.1, 0.15) is 6.04 Å². The molecule has 3 aromatic carbocycles. The van der Waals surface area contributed by atoms with Crippen molar-refractivity contribution in [1.82, 2.24) is 10.2 Å². The summed E-state index contributed by atoms with van der Waals surface area (Å²) in [4.78, 5) is 40.1. The molecule has 0 radical (unpaired) electrons. The SMILES string of the molecule is O=C(NCc1ccc(Cl)cc1)[C@H](Cc1ccccc1)N1C(=O)c2ccccc2C1=O. The van der Waals surface area contributed by atoms with Crippen molar-refractivity contribution in [2.24, 2.45) is 0 Å². The fourth-order valence-electron chi connectivity index (χ4n) is 3.54. The van der Waals surface area contributed by atoms with Gasteiger partial charge < -0.3 is 5.32 Å². The quantitative estimate of drug-likeness (QED) is 0.618. The molecule has 4 rings (SSSR count). The van der Waals surface area contributed by atoms with Crippen molar-refractivity contribution in [2.45, 2.75) is 19.0 Å². The van der Waals surface area contributed by atoms with E-state index in [1.54, 1.807) is 36.4 Å². The van der Waals surface area contributed by atoms with Gasteiger partial charge in [-0.05, 0) is 35.4 Å². The van der Waals surface area contributed by atoms with Gasteiger partial charge in [0.2, 0.25) is 5.91 Å². The third-order valence-corrected chi connectivity index (χ3v) is 5.34. The summed E-state index contributed by atoms with van der Waals surface area (Å²) in [6.07, 6.45) is 0.235. The van der Waals surface area contributed by atoms with Crippen molar-refractivity contribution in [3.05, 3.63) is 106 Å². The monoisotopic (exact) mass is 418 g/mol. The van der Waals surface area contributed by atoms with E-state index in [0.29, 0.717) is 16.1 Å². The molecular weight excluding hydrogens is 400 g/mol. The van der Waals surface area contributed by atoms with Crippen LogP contribution in [0.25, 0.3) is 0 Å². The van der Waals surface area contributed by atoms with Crippen LogP contribution in [0.4, 0.5) is 0 Å². The lowest BCUT2D eigenvalue weighted by atomic mass is 10.0. The zero-order valence-electron chi connectivity index (χ0n) is 16.0. The van der Waals surface area contributed by atoms with E-state index in [4.69, 9.17) is 11.6 Å². The number of amides is 3. The Bertz CT molecular complexity index is 1060. The number of fused-ring (bicyclic) bond motifs is 1. The number of halogens is 1. The van der Waals surface area contributed by atoms with Crippen LogP contribution >= 0.6 is 11.6 Å². The smallest absolute Gasteiger partial charge is 0.262 e. The molecule has 0 fully saturated rings. The first-order valence-electron chi connectivity index (χ1n) is 9.57. The lowest BCUT2D eigenvalue weighted by Gasteiger charge is -2.25. The van der Waals surface area contributed by atoms with Crippen LogP contribution in [0.15, 0.2) is 78.9 Å². The number of nitrogens with one attached hydrogen (secondary N) is 1. The third-order valence-electron chi connectivity index (χ3n) is 5.09. The molecule has 0 aliphatic carbocycles. The number of rotatable bonds is 6. The second-order valence-corrected chi connectivity index (χ2v) is 7.51. The molecule has 1 aliphatic heterocycles. The van der Waals surface area contributed by atoms with Crippen LogP contribution in [0.3, 0.4) is 0 Å². The van der Waals surface area contributed by atoms with Crippen LogP contribution in [0.5, 0.6) is 0 Å². The summed E-state index contributed by atoms with van der Waals surface area (Å²) < 4.78 is 0. The van der Waals surface area contributed by atoms with E-state index < -0.39 is 17.9 Å². The maximum absolute atomic E-state index is 13.1. The van der Waals surface area contributed by atoms with Crippen molar-refractivity contribution < 1.29 is 14.4 Å². The molecule has 0 aromatic heterocycles. The summed E-state index contributed by atoms with van der Waals surface area (Å²) in [5.41, 5.74) is 2.38. The molecule has 150 valence electrons. The zero-order valence-corrected chi connectivity index (χ0v) is 16.8. The third kappa shape index (κ3) is 3.98. The first-order chi connectivity index (χ1) is 14.5. The van der Waals surface area contributed by atoms with E-state index >= 15 is 0 Å². The van der Waals surface area contributed by atoms with Crippen LogP contribution in [-0.2, 0) is 17.8 Å². The van der Waals surface area contributed by atoms with E-state index in [1.165, 1.54) is 0 Å². The van der Waals surface area contributed by atoms with Gasteiger partial charge in [-0.2, -0.15) is 0 Å². The van der Waals surface area contributed by atoms with E-state index in [1.807, 2.05) is 42.5 Å². The van der Waals surface area contributed by atoms with Crippen LogP contribution in [0.1, 0.15) is 31.8 Å². The van der Waals surface area contributed by atoms with E-state index in [2.05, 4.69) is 5.32 Å². The van der Waals surface area contributed by atoms with E-state index in [0.717, 1.165) is 16.0 Å². The molecule has 0 saturated heterocycles. The Morgan fingerprint density at radius 2 is 1.37 bits per heavy atom. The Labute approximate surface area is 179 Å². The minimum absolute atomic E-state index is 0.235. The maximum Gasteiger partial charge on any atom is 0.262 e. The fourth-order valence-corrected chi connectivity index (χ4v) is 3.66. The number of hydrogen-bond acceptors (Lipinski definition) is 3. The Kier molecular flexibility index (Phi) is 5.63. The highest BCUT2D eigenvalue weighted by atomic mass is 35.5. The van der Waals surface area contributed by atoms with Crippen LogP contribution < -0.4 is 5.32 Å². The molecule has 0 bridgehead atoms. The molecule has 3 amide bonds. The Balaban J connectivity index is 1.60. The summed E-state index contributed by atoms with van der Waals surface area (Å²) in [7, 11) is 0. The largest absolute Gasteiger partial charge is 0.350 e. The Morgan fingerprint density at radius 1 is 0.800 bits per heavy atom. The van der Waals surface area contributed by atoms with Crippen molar-refractivity contribution in [2.75, 3.05) is 0 Å². The normalized spacial score (nSPS) is 13.8. The number of nitrogens with zero attached hydrogens (tertiary/aromatic N) is 1. The first kappa shape index (κ1) is 19.9. The molecule has 1 aliphatic rings. The molecule has 6 heteroatoms. The van der Waals surface area contributed by atoms with Gasteiger partial charge in [-0.3, -0.25) is 19.3 Å². The number of imide groups is 1. The zero-order chi connectivity index (χ0) is 21.1. The van der Waals surface area contributed by atoms with Gasteiger partial charge in [0.05, 0.1) is 11.1 Å². The number of benzene rings is 3. The minimum atomic E-state index is -0.952. The van der Waals surface area contributed by atoms with Crippen LogP contribution in [0.2, 0.25) is 5.02 Å². The molecule has 3 aromatic rings. The van der Waals surface area contributed by atoms with E-state index in [9.17, 15) is 14.4 Å². The Hall–Kier alpha value is -3.44. The molecular formula is C24H19ClN2O3. The van der Waals surface area contributed by atoms with Gasteiger partial charge in [-0.25, -0.2) is 0 Å². The molecule has 1 heterocycles. The predicted octanol–water partition coefficient (Wildman–Crippen LogP) is 3.86. The molecule has 1 atom stereocenters. The summed E-state index contributed by atoms with van der Waals surface area (Å²) in [5.74, 6) is -1.28. The van der Waals surface area contributed by atoms with Gasteiger partial charge in [-0.1, -0.05) is 66.2 Å². The number of hydrogen-bond donors (Lipinski definition) is 1. The van der Waals surface area contributed by atoms with E-state index in [-0.39, 0.29) is 18.9 Å². The average Bonchev–Trinajstić information content (AvgIpc) is 3.02. The minimum Gasteiger partial charge on any atom is -0.350 e. The van der Waals surface area contributed by atoms with Crippen molar-refractivity contribution in [1.29, 1.82) is 0 Å². The van der Waals surface area contributed by atoms with Crippen LogP contribution in [-0.4, -0.2) is 28.7 Å². The second-order valence-electron chi connectivity index (χ2n) is 7.08. The summed E-state index contributed by atoms with van der Waals surface area (Å²) >= 11 is 5.91. The van der Waals surface area contributed by atoms with Gasteiger partial charge in [0.15, 0.2) is 0 Å². The highest BCUT2D eigenvalue weighted by Crippen LogP contribution is 2.26. The molecule has 30 heavy (non-hydrogen) atoms. The number of carbonyl (C=O) groups is 3. The van der Waals surface area contributed by atoms with Gasteiger partial charge in [-0.15, -0.1) is 0 Å². The molecule has 5 nitrogen and oxygen atoms in total. The van der Waals surface area contributed by atoms with Gasteiger partial charge in [0, 0.05) is 18.0 Å². The van der Waals surface area contributed by atoms with Crippen molar-refractivity contribution in [3.8, 4) is 0 Å². The molecule has 0 saturated carbocycles. The summed E-state index contributed by atoms with van der Waals surface area (Å²) in [6, 6.07) is 22.2. The highest BCUT2D eigenvalue weighted by molar-refractivity contribution is 6.30. The lowest BCUT2D eigenvalue weighted by molar-refractivity contribution is -0.125. The second kappa shape index (κ2) is 8.51. The van der Waals surface area contributed by atoms with Gasteiger partial charge in [0.25, 0.3) is 11.8 Å². The fraction of sp³-hybridized carbons (Fsp3) is 0.125. The van der Waals surface area contributed by atoms with Crippen LogP contribution in [0, 0.1) is 0 Å².